The molecule has 0 N–H and O–H groups in total. The maximum absolute atomic E-state index is 5.74. The predicted octanol–water partition coefficient (Wildman–Crippen LogP) is 6.96. The van der Waals surface area contributed by atoms with Crippen LogP contribution in [0.25, 0.3) is 0 Å². The summed E-state index contributed by atoms with van der Waals surface area (Å²) < 4.78 is 17.2. The van der Waals surface area contributed by atoms with Gasteiger partial charge >= 0.3 is 0 Å². The summed E-state index contributed by atoms with van der Waals surface area (Å²) in [5.74, 6) is 2.82. The van der Waals surface area contributed by atoms with E-state index in [0.717, 1.165) is 36.5 Å². The van der Waals surface area contributed by atoms with Crippen molar-refractivity contribution in [2.24, 2.45) is 0 Å². The van der Waals surface area contributed by atoms with Crippen LogP contribution in [0.3, 0.4) is 0 Å². The number of thioether (sulfide) groups is 3. The summed E-state index contributed by atoms with van der Waals surface area (Å²) in [5, 5.41) is 0. The number of benzene rings is 3. The Morgan fingerprint density at radius 3 is 0.909 bits per heavy atom. The summed E-state index contributed by atoms with van der Waals surface area (Å²) >= 11 is 5.19. The van der Waals surface area contributed by atoms with Crippen LogP contribution >= 0.6 is 35.3 Å². The maximum atomic E-state index is 5.74. The minimum atomic E-state index is 0.869. The minimum Gasteiger partial charge on any atom is -0.496 e. The molecule has 1 aliphatic carbocycles. The quantitative estimate of drug-likeness (QED) is 0.267. The Hall–Kier alpha value is -1.89. The highest BCUT2D eigenvalue weighted by Gasteiger charge is 2.21. The summed E-state index contributed by atoms with van der Waals surface area (Å²) in [7, 11) is 5.27. The standard InChI is InChI=1S/C27H30O3S3/c1-28-22-10-16-7-20-14-26(32-5)24(30-3)12-18(20)9-21-15-27(33-6)23(29-2)11-17(21)8-19(16)13-25(22)31-4/h10-15H,7-9H2,1-6H3. The molecule has 174 valence electrons. The Morgan fingerprint density at radius 2 is 0.697 bits per heavy atom. The molecule has 0 fully saturated rings. The van der Waals surface area contributed by atoms with Crippen molar-refractivity contribution in [2.45, 2.75) is 33.9 Å². The van der Waals surface area contributed by atoms with Crippen molar-refractivity contribution < 1.29 is 14.2 Å². The van der Waals surface area contributed by atoms with Gasteiger partial charge in [0.05, 0.1) is 21.3 Å². The number of fused-ring (bicyclic) bond motifs is 3. The molecule has 0 bridgehead atoms. The van der Waals surface area contributed by atoms with Crippen LogP contribution in [-0.4, -0.2) is 40.1 Å². The highest BCUT2D eigenvalue weighted by atomic mass is 32.2. The molecule has 0 aromatic heterocycles. The summed E-state index contributed by atoms with van der Waals surface area (Å²) in [6, 6.07) is 13.6. The first-order chi connectivity index (χ1) is 16.0. The molecule has 0 aliphatic heterocycles. The largest absolute Gasteiger partial charge is 0.496 e. The van der Waals surface area contributed by atoms with E-state index in [1.165, 1.54) is 48.1 Å². The van der Waals surface area contributed by atoms with Crippen LogP contribution in [0.5, 0.6) is 17.2 Å². The Bertz CT molecular complexity index is 941. The average molecular weight is 499 g/mol. The number of hydrogen-bond acceptors (Lipinski definition) is 6. The number of rotatable bonds is 6. The molecule has 1 aliphatic rings. The second kappa shape index (κ2) is 10.6. The van der Waals surface area contributed by atoms with Gasteiger partial charge in [-0.2, -0.15) is 0 Å². The molecule has 3 nitrogen and oxygen atoms in total. The van der Waals surface area contributed by atoms with Gasteiger partial charge in [0.15, 0.2) is 0 Å². The molecular weight excluding hydrogens is 468 g/mol. The second-order valence-electron chi connectivity index (χ2n) is 7.96. The van der Waals surface area contributed by atoms with Gasteiger partial charge in [0.2, 0.25) is 0 Å². The van der Waals surface area contributed by atoms with Crippen LogP contribution in [0, 0.1) is 0 Å². The first-order valence-electron chi connectivity index (χ1n) is 10.8. The van der Waals surface area contributed by atoms with Gasteiger partial charge in [0.1, 0.15) is 17.2 Å². The predicted molar refractivity (Wildman–Crippen MR) is 143 cm³/mol. The highest BCUT2D eigenvalue weighted by molar-refractivity contribution is 7.99. The molecule has 0 amide bonds. The molecule has 0 heterocycles. The molecule has 4 rings (SSSR count). The molecule has 3 aromatic rings. The van der Waals surface area contributed by atoms with Gasteiger partial charge in [-0.1, -0.05) is 0 Å². The van der Waals surface area contributed by atoms with E-state index in [-0.39, 0.29) is 0 Å². The van der Waals surface area contributed by atoms with Crippen LogP contribution in [0.1, 0.15) is 33.4 Å². The summed E-state index contributed by atoms with van der Waals surface area (Å²) in [4.78, 5) is 3.51. The maximum Gasteiger partial charge on any atom is 0.132 e. The molecule has 0 saturated heterocycles. The Balaban J connectivity index is 1.99. The third-order valence-electron chi connectivity index (χ3n) is 6.26. The third-order valence-corrected chi connectivity index (χ3v) is 8.54. The Kier molecular flexibility index (Phi) is 7.77. The molecule has 0 saturated carbocycles. The van der Waals surface area contributed by atoms with Crippen molar-refractivity contribution in [3.63, 3.8) is 0 Å². The van der Waals surface area contributed by atoms with Crippen molar-refractivity contribution in [3.8, 4) is 17.2 Å². The lowest BCUT2D eigenvalue weighted by molar-refractivity contribution is 0.403. The van der Waals surface area contributed by atoms with Gasteiger partial charge in [-0.05, 0) is 108 Å². The third kappa shape index (κ3) is 4.84. The van der Waals surface area contributed by atoms with Crippen LogP contribution in [-0.2, 0) is 19.3 Å². The zero-order valence-electron chi connectivity index (χ0n) is 20.0. The van der Waals surface area contributed by atoms with Gasteiger partial charge in [-0.15, -0.1) is 35.3 Å². The van der Waals surface area contributed by atoms with Crippen molar-refractivity contribution in [3.05, 3.63) is 69.8 Å². The van der Waals surface area contributed by atoms with Gasteiger partial charge in [0.25, 0.3) is 0 Å². The van der Waals surface area contributed by atoms with Crippen molar-refractivity contribution >= 4 is 35.3 Å². The van der Waals surface area contributed by atoms with E-state index < -0.39 is 0 Å². The molecule has 3 aromatic carbocycles. The molecule has 0 atom stereocenters. The highest BCUT2D eigenvalue weighted by Crippen LogP contribution is 2.40. The zero-order chi connectivity index (χ0) is 23.5. The topological polar surface area (TPSA) is 27.7 Å². The Labute approximate surface area is 210 Å². The number of hydrogen-bond donors (Lipinski definition) is 0. The van der Waals surface area contributed by atoms with E-state index in [1.807, 2.05) is 0 Å². The molecule has 0 spiro atoms. The molecule has 6 heteroatoms. The van der Waals surface area contributed by atoms with Crippen LogP contribution in [0.4, 0.5) is 0 Å². The fourth-order valence-corrected chi connectivity index (χ4v) is 6.30. The average Bonchev–Trinajstić information content (AvgIpc) is 2.90. The van der Waals surface area contributed by atoms with Gasteiger partial charge in [-0.25, -0.2) is 0 Å². The van der Waals surface area contributed by atoms with E-state index in [1.54, 1.807) is 56.6 Å². The first-order valence-corrected chi connectivity index (χ1v) is 14.4. The molecule has 33 heavy (non-hydrogen) atoms. The monoisotopic (exact) mass is 498 g/mol. The Morgan fingerprint density at radius 1 is 0.455 bits per heavy atom. The summed E-state index contributed by atoms with van der Waals surface area (Å²) in [6.07, 6.45) is 8.92. The normalized spacial score (nSPS) is 12.5. The fourth-order valence-electron chi connectivity index (χ4n) is 4.49. The van der Waals surface area contributed by atoms with E-state index in [0.29, 0.717) is 0 Å². The lowest BCUT2D eigenvalue weighted by atomic mass is 9.94. The lowest BCUT2D eigenvalue weighted by Crippen LogP contribution is -2.01. The van der Waals surface area contributed by atoms with Crippen molar-refractivity contribution in [2.75, 3.05) is 40.1 Å². The van der Waals surface area contributed by atoms with Crippen molar-refractivity contribution in [1.82, 2.24) is 0 Å². The SMILES string of the molecule is COc1cc2c(cc1SC)Cc1cc(OC)c(SC)cc1Cc1cc(OC)c(SC)cc1C2. The summed E-state index contributed by atoms with van der Waals surface area (Å²) in [5.41, 5.74) is 7.95. The van der Waals surface area contributed by atoms with Gasteiger partial charge < -0.3 is 14.2 Å². The smallest absolute Gasteiger partial charge is 0.132 e. The van der Waals surface area contributed by atoms with E-state index in [9.17, 15) is 0 Å². The summed E-state index contributed by atoms with van der Waals surface area (Å²) in [6.45, 7) is 0. The van der Waals surface area contributed by atoms with Crippen LogP contribution in [0.2, 0.25) is 0 Å². The number of ether oxygens (including phenoxy) is 3. The van der Waals surface area contributed by atoms with E-state index >= 15 is 0 Å². The fraction of sp³-hybridized carbons (Fsp3) is 0.333. The van der Waals surface area contributed by atoms with Gasteiger partial charge in [0, 0.05) is 14.7 Å². The van der Waals surface area contributed by atoms with E-state index in [4.69, 9.17) is 14.2 Å². The first kappa shape index (κ1) is 24.2. The van der Waals surface area contributed by atoms with Crippen molar-refractivity contribution in [1.29, 1.82) is 0 Å². The zero-order valence-corrected chi connectivity index (χ0v) is 22.5. The van der Waals surface area contributed by atoms with Crippen LogP contribution in [0.15, 0.2) is 51.1 Å². The lowest BCUT2D eigenvalue weighted by Gasteiger charge is -2.17. The minimum absolute atomic E-state index is 0.869. The van der Waals surface area contributed by atoms with Crippen LogP contribution < -0.4 is 14.2 Å². The molecule has 0 unspecified atom stereocenters. The number of methoxy groups -OCH3 is 3. The molecular formula is C27H30O3S3. The van der Waals surface area contributed by atoms with Gasteiger partial charge in [-0.3, -0.25) is 0 Å². The molecule has 0 radical (unpaired) electrons. The van der Waals surface area contributed by atoms with E-state index in [2.05, 4.69) is 55.2 Å². The second-order valence-corrected chi connectivity index (χ2v) is 10.5.